The van der Waals surface area contributed by atoms with Crippen LogP contribution in [-0.2, 0) is 16.2 Å². The van der Waals surface area contributed by atoms with Crippen LogP contribution in [0.3, 0.4) is 0 Å². The molecular weight excluding hydrogens is 497 g/mol. The van der Waals surface area contributed by atoms with Crippen LogP contribution < -0.4 is 9.64 Å². The van der Waals surface area contributed by atoms with E-state index in [1.165, 1.54) is 16.4 Å². The van der Waals surface area contributed by atoms with Crippen LogP contribution in [0, 0.1) is 5.41 Å². The van der Waals surface area contributed by atoms with Gasteiger partial charge >= 0.3 is 6.18 Å². The first-order valence-corrected chi connectivity index (χ1v) is 13.0. The van der Waals surface area contributed by atoms with Crippen LogP contribution in [0.25, 0.3) is 0 Å². The molecule has 2 aromatic rings. The molecule has 1 unspecified atom stereocenters. The largest absolute Gasteiger partial charge is 0.476 e. The second-order valence-corrected chi connectivity index (χ2v) is 11.9. The number of anilines is 1. The molecule has 1 aromatic heterocycles. The van der Waals surface area contributed by atoms with E-state index in [2.05, 4.69) is 23.8 Å². The smallest absolute Gasteiger partial charge is 0.417 e. The SMILES string of the molecule is CC1(C)CN=C2C(=O)c3cc(S(=O)(=O)N4CCCC4COc4ccc(C(F)(F)F)cn4)ccc3N2C1. The summed E-state index contributed by atoms with van der Waals surface area (Å²) in [4.78, 5) is 23.0. The number of amidine groups is 1. The fourth-order valence-electron chi connectivity index (χ4n) is 4.78. The maximum Gasteiger partial charge on any atom is 0.417 e. The molecule has 0 saturated carbocycles. The Morgan fingerprint density at radius 2 is 1.97 bits per heavy atom. The molecule has 8 nitrogen and oxygen atoms in total. The summed E-state index contributed by atoms with van der Waals surface area (Å²) in [6.45, 7) is 5.47. The summed E-state index contributed by atoms with van der Waals surface area (Å²) in [6, 6.07) is 6.03. The molecule has 1 aromatic carbocycles. The summed E-state index contributed by atoms with van der Waals surface area (Å²) in [5, 5.41) is 0. The lowest BCUT2D eigenvalue weighted by molar-refractivity contribution is -0.137. The van der Waals surface area contributed by atoms with Crippen molar-refractivity contribution in [2.24, 2.45) is 10.4 Å². The van der Waals surface area contributed by atoms with E-state index in [-0.39, 0.29) is 35.1 Å². The van der Waals surface area contributed by atoms with Gasteiger partial charge in [-0.25, -0.2) is 13.4 Å². The van der Waals surface area contributed by atoms with Crippen molar-refractivity contribution < 1.29 is 31.1 Å². The lowest BCUT2D eigenvalue weighted by atomic mass is 9.91. The van der Waals surface area contributed by atoms with E-state index in [0.29, 0.717) is 49.2 Å². The number of nitrogens with zero attached hydrogens (tertiary/aromatic N) is 4. The number of benzene rings is 1. The van der Waals surface area contributed by atoms with Crippen LogP contribution in [0.2, 0.25) is 0 Å². The number of rotatable bonds is 5. The Labute approximate surface area is 206 Å². The molecule has 0 amide bonds. The van der Waals surface area contributed by atoms with Gasteiger partial charge in [0, 0.05) is 37.3 Å². The third-order valence-corrected chi connectivity index (χ3v) is 8.57. The number of fused-ring (bicyclic) bond motifs is 3. The lowest BCUT2D eigenvalue weighted by Gasteiger charge is -2.34. The van der Waals surface area contributed by atoms with Gasteiger partial charge in [-0.15, -0.1) is 0 Å². The van der Waals surface area contributed by atoms with Crippen LogP contribution >= 0.6 is 0 Å². The Morgan fingerprint density at radius 1 is 1.19 bits per heavy atom. The van der Waals surface area contributed by atoms with Gasteiger partial charge in [-0.05, 0) is 37.1 Å². The van der Waals surface area contributed by atoms with Crippen LogP contribution in [0.5, 0.6) is 5.88 Å². The van der Waals surface area contributed by atoms with Gasteiger partial charge in [0.05, 0.1) is 27.8 Å². The van der Waals surface area contributed by atoms with Gasteiger partial charge in [0.15, 0.2) is 5.84 Å². The quantitative estimate of drug-likeness (QED) is 0.594. The van der Waals surface area contributed by atoms with Gasteiger partial charge in [0.2, 0.25) is 21.7 Å². The number of hydrogen-bond acceptors (Lipinski definition) is 7. The summed E-state index contributed by atoms with van der Waals surface area (Å²) in [6.07, 6.45) is -2.68. The molecule has 192 valence electrons. The minimum atomic E-state index is -4.50. The van der Waals surface area contributed by atoms with Gasteiger partial charge < -0.3 is 9.64 Å². The number of alkyl halides is 3. The highest BCUT2D eigenvalue weighted by molar-refractivity contribution is 7.89. The van der Waals surface area contributed by atoms with E-state index >= 15 is 0 Å². The van der Waals surface area contributed by atoms with E-state index in [4.69, 9.17) is 4.74 Å². The number of ketones is 1. The van der Waals surface area contributed by atoms with Crippen molar-refractivity contribution in [2.75, 3.05) is 31.1 Å². The molecule has 12 heteroatoms. The van der Waals surface area contributed by atoms with Crippen molar-refractivity contribution in [1.29, 1.82) is 0 Å². The summed E-state index contributed by atoms with van der Waals surface area (Å²) in [5.41, 5.74) is -0.0358. The molecular formula is C24H25F3N4O4S. The number of ether oxygens (including phenoxy) is 1. The number of Topliss-reactive ketones (excluding diaryl/α,β-unsaturated/α-hetero) is 1. The highest BCUT2D eigenvalue weighted by atomic mass is 32.2. The van der Waals surface area contributed by atoms with Crippen LogP contribution in [0.4, 0.5) is 18.9 Å². The zero-order valence-corrected chi connectivity index (χ0v) is 20.6. The number of aliphatic imine (C=N–C) groups is 1. The van der Waals surface area contributed by atoms with E-state index in [1.807, 2.05) is 4.90 Å². The summed E-state index contributed by atoms with van der Waals surface area (Å²) >= 11 is 0. The molecule has 5 rings (SSSR count). The van der Waals surface area contributed by atoms with E-state index < -0.39 is 27.8 Å². The number of pyridine rings is 1. The third kappa shape index (κ3) is 4.36. The Balaban J connectivity index is 1.34. The van der Waals surface area contributed by atoms with Gasteiger partial charge in [-0.2, -0.15) is 17.5 Å². The number of aromatic nitrogens is 1. The molecule has 1 atom stereocenters. The van der Waals surface area contributed by atoms with Crippen LogP contribution in [-0.4, -0.2) is 61.6 Å². The normalized spacial score (nSPS) is 21.8. The average Bonchev–Trinajstić information content (AvgIpc) is 3.40. The molecule has 1 fully saturated rings. The van der Waals surface area contributed by atoms with E-state index in [0.717, 1.165) is 12.1 Å². The summed E-state index contributed by atoms with van der Waals surface area (Å²) < 4.78 is 72.1. The molecule has 0 aliphatic carbocycles. The first kappa shape index (κ1) is 24.7. The molecule has 36 heavy (non-hydrogen) atoms. The average molecular weight is 523 g/mol. The molecule has 0 spiro atoms. The fraction of sp³-hybridized carbons (Fsp3) is 0.458. The number of sulfonamides is 1. The van der Waals surface area contributed by atoms with Gasteiger partial charge in [-0.1, -0.05) is 13.8 Å². The second kappa shape index (κ2) is 8.55. The molecule has 0 radical (unpaired) electrons. The Hall–Kier alpha value is -2.99. The maximum atomic E-state index is 13.5. The first-order chi connectivity index (χ1) is 16.9. The molecule has 0 N–H and O–H groups in total. The Morgan fingerprint density at radius 3 is 2.67 bits per heavy atom. The van der Waals surface area contributed by atoms with Gasteiger partial charge in [0.1, 0.15) is 6.61 Å². The van der Waals surface area contributed by atoms with Crippen molar-refractivity contribution in [1.82, 2.24) is 9.29 Å². The molecule has 3 aliphatic rings. The highest BCUT2D eigenvalue weighted by Gasteiger charge is 2.42. The number of carbonyl (C=O) groups excluding carboxylic acids is 1. The number of hydrogen-bond donors (Lipinski definition) is 0. The van der Waals surface area contributed by atoms with Crippen LogP contribution in [0.15, 0.2) is 46.4 Å². The summed E-state index contributed by atoms with van der Waals surface area (Å²) in [5.74, 6) is 0.0401. The second-order valence-electron chi connectivity index (χ2n) is 10.0. The minimum absolute atomic E-state index is 0.00821. The molecule has 3 aliphatic heterocycles. The van der Waals surface area contributed by atoms with Crippen molar-refractivity contribution >= 4 is 27.3 Å². The molecule has 1 saturated heterocycles. The highest BCUT2D eigenvalue weighted by Crippen LogP contribution is 2.38. The number of carbonyl (C=O) groups is 1. The number of halogens is 3. The van der Waals surface area contributed by atoms with Crippen molar-refractivity contribution in [3.05, 3.63) is 47.7 Å². The summed E-state index contributed by atoms with van der Waals surface area (Å²) in [7, 11) is -3.95. The lowest BCUT2D eigenvalue weighted by Crippen LogP contribution is -2.44. The fourth-order valence-corrected chi connectivity index (χ4v) is 6.48. The molecule has 0 bridgehead atoms. The first-order valence-electron chi connectivity index (χ1n) is 11.6. The van der Waals surface area contributed by atoms with Crippen molar-refractivity contribution in [2.45, 2.75) is 43.8 Å². The maximum absolute atomic E-state index is 13.5. The topological polar surface area (TPSA) is 92.2 Å². The predicted molar refractivity (Wildman–Crippen MR) is 126 cm³/mol. The minimum Gasteiger partial charge on any atom is -0.476 e. The van der Waals surface area contributed by atoms with E-state index in [1.54, 1.807) is 6.07 Å². The van der Waals surface area contributed by atoms with Crippen molar-refractivity contribution in [3.8, 4) is 5.88 Å². The van der Waals surface area contributed by atoms with E-state index in [9.17, 15) is 26.4 Å². The predicted octanol–water partition coefficient (Wildman–Crippen LogP) is 3.77. The third-order valence-electron chi connectivity index (χ3n) is 6.62. The Kier molecular flexibility index (Phi) is 5.86. The standard InChI is InChI=1S/C24H25F3N4O4S/c1-23(2)13-29-22-21(32)18-10-17(6-7-19(18)30(22)14-23)36(33,34)31-9-3-4-16(31)12-35-20-8-5-15(11-28-20)24(25,26)27/h5-8,10-11,16H,3-4,9,12-14H2,1-2H3. The van der Waals surface area contributed by atoms with Gasteiger partial charge in [-0.3, -0.25) is 9.79 Å². The Bertz CT molecular complexity index is 1340. The van der Waals surface area contributed by atoms with Gasteiger partial charge in [0.25, 0.3) is 0 Å². The zero-order chi connectivity index (χ0) is 25.9. The molecule has 4 heterocycles. The van der Waals surface area contributed by atoms with Crippen molar-refractivity contribution in [3.63, 3.8) is 0 Å². The van der Waals surface area contributed by atoms with Crippen LogP contribution in [0.1, 0.15) is 42.6 Å². The monoisotopic (exact) mass is 522 g/mol. The zero-order valence-electron chi connectivity index (χ0n) is 19.7.